The Labute approximate surface area is 75.7 Å². The molecule has 0 aliphatic carbocycles. The van der Waals surface area contributed by atoms with E-state index in [0.717, 1.165) is 0 Å². The van der Waals surface area contributed by atoms with Crippen molar-refractivity contribution in [2.24, 2.45) is 0 Å². The Kier molecular flexibility index (Phi) is 4.33. The minimum atomic E-state index is -1.59. The highest BCUT2D eigenvalue weighted by Crippen LogP contribution is 2.04. The fourth-order valence-corrected chi connectivity index (χ4v) is 0.662. The van der Waals surface area contributed by atoms with Crippen molar-refractivity contribution in [2.75, 3.05) is 13.2 Å². The summed E-state index contributed by atoms with van der Waals surface area (Å²) in [6.07, 6.45) is 0.189. The molecule has 0 fully saturated rings. The first-order chi connectivity index (χ1) is 5.87. The molecule has 0 aliphatic heterocycles. The summed E-state index contributed by atoms with van der Waals surface area (Å²) in [7, 11) is 0. The number of ether oxygens (including phenoxy) is 1. The molecule has 0 spiro atoms. The molecule has 6 heteroatoms. The van der Waals surface area contributed by atoms with Crippen LogP contribution < -0.4 is 0 Å². The van der Waals surface area contributed by atoms with Gasteiger partial charge >= 0.3 is 5.97 Å². The maximum absolute atomic E-state index is 10.6. The van der Waals surface area contributed by atoms with Crippen LogP contribution >= 0.6 is 0 Å². The normalized spacial score (nSPS) is 14.7. The van der Waals surface area contributed by atoms with Crippen LogP contribution in [0.3, 0.4) is 0 Å². The predicted octanol–water partition coefficient (Wildman–Crippen LogP) is -0.0327. The van der Waals surface area contributed by atoms with Crippen LogP contribution in [0.2, 0.25) is 0 Å². The van der Waals surface area contributed by atoms with Crippen LogP contribution in [-0.2, 0) is 9.53 Å². The van der Waals surface area contributed by atoms with Gasteiger partial charge in [-0.3, -0.25) is 14.9 Å². The molecule has 1 atom stereocenters. The van der Waals surface area contributed by atoms with E-state index < -0.39 is 23.0 Å². The van der Waals surface area contributed by atoms with E-state index in [-0.39, 0.29) is 13.0 Å². The molecule has 0 aromatic rings. The first-order valence-electron chi connectivity index (χ1n) is 3.87. The van der Waals surface area contributed by atoms with Crippen molar-refractivity contribution in [3.63, 3.8) is 0 Å². The van der Waals surface area contributed by atoms with E-state index in [1.165, 1.54) is 6.92 Å². The molecular weight excluding hydrogens is 178 g/mol. The van der Waals surface area contributed by atoms with Gasteiger partial charge in [-0.1, -0.05) is 6.92 Å². The van der Waals surface area contributed by atoms with Crippen LogP contribution in [0, 0.1) is 10.1 Å². The summed E-state index contributed by atoms with van der Waals surface area (Å²) in [5, 5.41) is 19.3. The minimum Gasteiger partial charge on any atom is -0.462 e. The van der Waals surface area contributed by atoms with Gasteiger partial charge in [0.2, 0.25) is 6.54 Å². The number of aliphatic hydroxyl groups is 1. The average Bonchev–Trinajstić information content (AvgIpc) is 1.98. The van der Waals surface area contributed by atoms with Gasteiger partial charge < -0.3 is 9.84 Å². The molecule has 1 unspecified atom stereocenters. The quantitative estimate of drug-likeness (QED) is 0.374. The van der Waals surface area contributed by atoms with Gasteiger partial charge in [-0.25, -0.2) is 0 Å². The van der Waals surface area contributed by atoms with E-state index in [9.17, 15) is 20.0 Å². The zero-order valence-electron chi connectivity index (χ0n) is 7.65. The van der Waals surface area contributed by atoms with Crippen molar-refractivity contribution >= 4 is 5.97 Å². The Hall–Kier alpha value is -1.17. The Morgan fingerprint density at radius 1 is 1.69 bits per heavy atom. The predicted molar refractivity (Wildman–Crippen MR) is 43.7 cm³/mol. The van der Waals surface area contributed by atoms with Gasteiger partial charge in [0.15, 0.2) is 5.60 Å². The molecule has 6 nitrogen and oxygen atoms in total. The smallest absolute Gasteiger partial charge is 0.305 e. The molecule has 0 aromatic heterocycles. The summed E-state index contributed by atoms with van der Waals surface area (Å²) >= 11 is 0. The topological polar surface area (TPSA) is 89.7 Å². The third-order valence-corrected chi connectivity index (χ3v) is 1.30. The standard InChI is InChI=1S/C7H13NO5/c1-3-6(9)13-5-7(2,10)4-8(11)12/h10H,3-5H2,1-2H3. The largest absolute Gasteiger partial charge is 0.462 e. The van der Waals surface area contributed by atoms with Gasteiger partial charge in [0, 0.05) is 11.3 Å². The van der Waals surface area contributed by atoms with E-state index in [1.54, 1.807) is 6.92 Å². The number of hydrogen-bond acceptors (Lipinski definition) is 5. The zero-order chi connectivity index (χ0) is 10.5. The van der Waals surface area contributed by atoms with Crippen LogP contribution in [0.25, 0.3) is 0 Å². The van der Waals surface area contributed by atoms with Gasteiger partial charge in [0.05, 0.1) is 0 Å². The Morgan fingerprint density at radius 2 is 2.23 bits per heavy atom. The minimum absolute atomic E-state index is 0.189. The number of nitrogens with zero attached hydrogens (tertiary/aromatic N) is 1. The number of hydrogen-bond donors (Lipinski definition) is 1. The van der Waals surface area contributed by atoms with Crippen molar-refractivity contribution < 1.29 is 19.6 Å². The summed E-state index contributed by atoms with van der Waals surface area (Å²) in [5.74, 6) is -0.483. The molecule has 0 amide bonds. The summed E-state index contributed by atoms with van der Waals surface area (Å²) in [4.78, 5) is 20.0. The first-order valence-corrected chi connectivity index (χ1v) is 3.87. The fraction of sp³-hybridized carbons (Fsp3) is 0.857. The third kappa shape index (κ3) is 6.03. The van der Waals surface area contributed by atoms with Crippen LogP contribution in [0.4, 0.5) is 0 Å². The lowest BCUT2D eigenvalue weighted by molar-refractivity contribution is -0.500. The molecule has 0 radical (unpaired) electrons. The Morgan fingerprint density at radius 3 is 2.62 bits per heavy atom. The van der Waals surface area contributed by atoms with Crippen molar-refractivity contribution in [3.05, 3.63) is 10.1 Å². The molecule has 0 rings (SSSR count). The van der Waals surface area contributed by atoms with Gasteiger partial charge in [0.25, 0.3) is 0 Å². The second kappa shape index (κ2) is 4.76. The molecule has 1 N–H and O–H groups in total. The fourth-order valence-electron chi connectivity index (χ4n) is 0.662. The number of esters is 1. The second-order valence-corrected chi connectivity index (χ2v) is 3.00. The van der Waals surface area contributed by atoms with E-state index in [4.69, 9.17) is 0 Å². The maximum atomic E-state index is 10.6. The summed E-state index contributed by atoms with van der Waals surface area (Å²) < 4.78 is 4.56. The molecule has 0 heterocycles. The van der Waals surface area contributed by atoms with Gasteiger partial charge in [-0.15, -0.1) is 0 Å². The van der Waals surface area contributed by atoms with Crippen molar-refractivity contribution in [1.82, 2.24) is 0 Å². The molecule has 13 heavy (non-hydrogen) atoms. The number of rotatable bonds is 5. The monoisotopic (exact) mass is 191 g/mol. The maximum Gasteiger partial charge on any atom is 0.305 e. The SMILES string of the molecule is CCC(=O)OCC(C)(O)C[N+](=O)[O-]. The lowest BCUT2D eigenvalue weighted by Crippen LogP contribution is -2.39. The van der Waals surface area contributed by atoms with Crippen LogP contribution in [-0.4, -0.2) is 34.8 Å². The van der Waals surface area contributed by atoms with E-state index >= 15 is 0 Å². The number of carbonyl (C=O) groups excluding carboxylic acids is 1. The van der Waals surface area contributed by atoms with E-state index in [0.29, 0.717) is 0 Å². The molecule has 76 valence electrons. The van der Waals surface area contributed by atoms with Crippen molar-refractivity contribution in [3.8, 4) is 0 Å². The average molecular weight is 191 g/mol. The van der Waals surface area contributed by atoms with Crippen LogP contribution in [0.15, 0.2) is 0 Å². The second-order valence-electron chi connectivity index (χ2n) is 3.00. The van der Waals surface area contributed by atoms with Crippen LogP contribution in [0.5, 0.6) is 0 Å². The van der Waals surface area contributed by atoms with Crippen molar-refractivity contribution in [2.45, 2.75) is 25.9 Å². The molecule has 0 saturated carbocycles. The van der Waals surface area contributed by atoms with E-state index in [2.05, 4.69) is 4.74 Å². The lowest BCUT2D eigenvalue weighted by Gasteiger charge is -2.17. The van der Waals surface area contributed by atoms with Gasteiger partial charge in [-0.2, -0.15) is 0 Å². The van der Waals surface area contributed by atoms with Crippen molar-refractivity contribution in [1.29, 1.82) is 0 Å². The zero-order valence-corrected chi connectivity index (χ0v) is 7.65. The van der Waals surface area contributed by atoms with Crippen LogP contribution in [0.1, 0.15) is 20.3 Å². The summed E-state index contributed by atoms with van der Waals surface area (Å²) in [6, 6.07) is 0. The first kappa shape index (κ1) is 11.8. The molecule has 0 aromatic carbocycles. The third-order valence-electron chi connectivity index (χ3n) is 1.30. The van der Waals surface area contributed by atoms with E-state index in [1.807, 2.05) is 0 Å². The number of carbonyl (C=O) groups is 1. The lowest BCUT2D eigenvalue weighted by atomic mass is 10.1. The summed E-state index contributed by atoms with van der Waals surface area (Å²) in [6.45, 7) is 1.87. The highest BCUT2D eigenvalue weighted by molar-refractivity contribution is 5.68. The highest BCUT2D eigenvalue weighted by Gasteiger charge is 2.28. The molecular formula is C7H13NO5. The summed E-state index contributed by atoms with van der Waals surface area (Å²) in [5.41, 5.74) is -1.59. The number of nitro groups is 1. The van der Waals surface area contributed by atoms with Gasteiger partial charge in [-0.05, 0) is 6.92 Å². The molecule has 0 bridgehead atoms. The highest BCUT2D eigenvalue weighted by atomic mass is 16.6. The molecule has 0 saturated heterocycles. The molecule has 0 aliphatic rings. The Bertz CT molecular complexity index is 201. The Balaban J connectivity index is 3.88. The van der Waals surface area contributed by atoms with Gasteiger partial charge in [0.1, 0.15) is 6.61 Å².